The summed E-state index contributed by atoms with van der Waals surface area (Å²) < 4.78 is 21.6. The minimum Gasteiger partial charge on any atom is -0.462 e. The number of methoxy groups -OCH3 is 1. The van der Waals surface area contributed by atoms with Gasteiger partial charge in [0.25, 0.3) is 0 Å². The summed E-state index contributed by atoms with van der Waals surface area (Å²) in [6.45, 7) is 7.35. The predicted molar refractivity (Wildman–Crippen MR) is 113 cm³/mol. The van der Waals surface area contributed by atoms with Gasteiger partial charge in [0, 0.05) is 51.6 Å². The second-order valence-corrected chi connectivity index (χ2v) is 6.63. The van der Waals surface area contributed by atoms with Crippen LogP contribution in [0.5, 0.6) is 0 Å². The van der Waals surface area contributed by atoms with Gasteiger partial charge in [-0.3, -0.25) is 0 Å². The van der Waals surface area contributed by atoms with Crippen molar-refractivity contribution in [2.75, 3.05) is 46.7 Å². The van der Waals surface area contributed by atoms with E-state index in [1.54, 1.807) is 7.11 Å². The first-order valence-electron chi connectivity index (χ1n) is 10.4. The molecule has 0 saturated heterocycles. The third kappa shape index (κ3) is 10.4. The van der Waals surface area contributed by atoms with Gasteiger partial charge < -0.3 is 30.0 Å². The fraction of sp³-hybridized carbons (Fsp3) is 0.682. The van der Waals surface area contributed by atoms with Crippen molar-refractivity contribution in [3.8, 4) is 12.0 Å². The fourth-order valence-electron chi connectivity index (χ4n) is 3.02. The van der Waals surface area contributed by atoms with Gasteiger partial charge in [0.05, 0.1) is 19.3 Å². The van der Waals surface area contributed by atoms with E-state index < -0.39 is 5.97 Å². The lowest BCUT2D eigenvalue weighted by molar-refractivity contribution is -0.139. The van der Waals surface area contributed by atoms with Crippen LogP contribution in [0.4, 0.5) is 0 Å². The van der Waals surface area contributed by atoms with Crippen LogP contribution in [-0.2, 0) is 23.7 Å². The Morgan fingerprint density at radius 1 is 1.28 bits per heavy atom. The van der Waals surface area contributed by atoms with Crippen LogP contribution < -0.4 is 11.1 Å². The van der Waals surface area contributed by atoms with E-state index in [4.69, 9.17) is 24.7 Å². The zero-order valence-corrected chi connectivity index (χ0v) is 18.1. The highest BCUT2D eigenvalue weighted by molar-refractivity contribution is 5.95. The molecule has 3 N–H and O–H groups in total. The van der Waals surface area contributed by atoms with E-state index in [0.29, 0.717) is 38.4 Å². The van der Waals surface area contributed by atoms with Gasteiger partial charge in [-0.15, -0.1) is 0 Å². The van der Waals surface area contributed by atoms with Crippen molar-refractivity contribution in [2.24, 2.45) is 5.73 Å². The van der Waals surface area contributed by atoms with Crippen LogP contribution >= 0.6 is 0 Å². The number of nitrogens with one attached hydrogen (secondary N) is 1. The van der Waals surface area contributed by atoms with E-state index in [1.807, 2.05) is 19.9 Å². The Kier molecular flexibility index (Phi) is 13.7. The lowest BCUT2D eigenvalue weighted by atomic mass is 9.95. The van der Waals surface area contributed by atoms with Crippen molar-refractivity contribution in [1.29, 1.82) is 0 Å². The molecule has 1 aliphatic carbocycles. The van der Waals surface area contributed by atoms with Crippen molar-refractivity contribution < 1.29 is 23.7 Å². The standard InChI is InChI=1S/C22H36N2O5/c1-4-27-17-20(28-5-2)11-15-29-22(25)21(10-12-23)18-8-6-9-19(16-18)24-13-7-14-26-3/h16,20,24H,4-9,11,13-15,17,23H2,1-3H3/b21-18-. The summed E-state index contributed by atoms with van der Waals surface area (Å²) in [5.41, 5.74) is 7.70. The van der Waals surface area contributed by atoms with Gasteiger partial charge in [-0.1, -0.05) is 0 Å². The highest BCUT2D eigenvalue weighted by atomic mass is 16.5. The molecule has 29 heavy (non-hydrogen) atoms. The number of ether oxygens (including phenoxy) is 4. The first kappa shape index (κ1) is 25.0. The topological polar surface area (TPSA) is 92.0 Å². The summed E-state index contributed by atoms with van der Waals surface area (Å²) in [6, 6.07) is 2.35. The first-order chi connectivity index (χ1) is 14.2. The minimum absolute atomic E-state index is 0.0954. The van der Waals surface area contributed by atoms with Gasteiger partial charge >= 0.3 is 5.97 Å². The summed E-state index contributed by atoms with van der Waals surface area (Å²) in [5.74, 6) is 2.29. The molecule has 1 unspecified atom stereocenters. The maximum absolute atomic E-state index is 12.6. The molecular formula is C22H36N2O5. The molecule has 0 heterocycles. The van der Waals surface area contributed by atoms with E-state index in [0.717, 1.165) is 43.5 Å². The molecule has 1 rings (SSSR count). The first-order valence-corrected chi connectivity index (χ1v) is 10.4. The molecule has 164 valence electrons. The number of rotatable bonds is 14. The lowest BCUT2D eigenvalue weighted by Crippen LogP contribution is -2.23. The lowest BCUT2D eigenvalue weighted by Gasteiger charge is -2.19. The highest BCUT2D eigenvalue weighted by Crippen LogP contribution is 2.24. The van der Waals surface area contributed by atoms with Crippen LogP contribution in [0.2, 0.25) is 0 Å². The molecule has 1 atom stereocenters. The van der Waals surface area contributed by atoms with Gasteiger partial charge in [0.15, 0.2) is 0 Å². The summed E-state index contributed by atoms with van der Waals surface area (Å²) in [6.07, 6.45) is 6.06. The van der Waals surface area contributed by atoms with E-state index in [2.05, 4.69) is 17.3 Å². The van der Waals surface area contributed by atoms with Crippen molar-refractivity contribution in [3.63, 3.8) is 0 Å². The largest absolute Gasteiger partial charge is 0.462 e. The third-order valence-electron chi connectivity index (χ3n) is 4.42. The Bertz CT molecular complexity index is 604. The Morgan fingerprint density at radius 3 is 2.79 bits per heavy atom. The van der Waals surface area contributed by atoms with Crippen LogP contribution in [-0.4, -0.2) is 58.8 Å². The van der Waals surface area contributed by atoms with Crippen LogP contribution in [0, 0.1) is 12.0 Å². The summed E-state index contributed by atoms with van der Waals surface area (Å²) in [4.78, 5) is 12.6. The molecule has 0 aromatic heterocycles. The number of allylic oxidation sites excluding steroid dienone is 3. The van der Waals surface area contributed by atoms with Crippen LogP contribution in [0.15, 0.2) is 22.9 Å². The Labute approximate surface area is 175 Å². The Hall–Kier alpha value is -2.01. The van der Waals surface area contributed by atoms with E-state index in [-0.39, 0.29) is 12.7 Å². The molecule has 0 amide bonds. The van der Waals surface area contributed by atoms with E-state index in [1.165, 1.54) is 0 Å². The average molecular weight is 409 g/mol. The molecule has 0 saturated carbocycles. The molecule has 1 aliphatic rings. The maximum atomic E-state index is 12.6. The molecule has 0 aromatic carbocycles. The Morgan fingerprint density at radius 2 is 2.10 bits per heavy atom. The van der Waals surface area contributed by atoms with E-state index >= 15 is 0 Å². The average Bonchev–Trinajstić information content (AvgIpc) is 2.73. The maximum Gasteiger partial charge on any atom is 0.347 e. The van der Waals surface area contributed by atoms with Crippen LogP contribution in [0.3, 0.4) is 0 Å². The molecule has 0 fully saturated rings. The zero-order chi connectivity index (χ0) is 21.3. The predicted octanol–water partition coefficient (Wildman–Crippen LogP) is 2.27. The number of carbonyl (C=O) groups excluding carboxylic acids is 1. The molecule has 0 aromatic rings. The van der Waals surface area contributed by atoms with Gasteiger partial charge in [0.1, 0.15) is 5.57 Å². The zero-order valence-electron chi connectivity index (χ0n) is 18.1. The van der Waals surface area contributed by atoms with E-state index in [9.17, 15) is 4.79 Å². The number of hydrogen-bond acceptors (Lipinski definition) is 7. The number of nitrogens with two attached hydrogens (primary N) is 1. The van der Waals surface area contributed by atoms with Crippen molar-refractivity contribution in [3.05, 3.63) is 22.9 Å². The summed E-state index contributed by atoms with van der Waals surface area (Å²) >= 11 is 0. The summed E-state index contributed by atoms with van der Waals surface area (Å²) in [5, 5.41) is 3.40. The smallest absolute Gasteiger partial charge is 0.347 e. The van der Waals surface area contributed by atoms with Crippen LogP contribution in [0.1, 0.15) is 46.0 Å². The van der Waals surface area contributed by atoms with Crippen LogP contribution in [0.25, 0.3) is 0 Å². The highest BCUT2D eigenvalue weighted by Gasteiger charge is 2.18. The molecule has 0 bridgehead atoms. The number of carbonyl (C=O) groups is 1. The van der Waals surface area contributed by atoms with Crippen molar-refractivity contribution in [1.82, 2.24) is 5.32 Å². The van der Waals surface area contributed by atoms with Crippen molar-refractivity contribution in [2.45, 2.75) is 52.1 Å². The van der Waals surface area contributed by atoms with Gasteiger partial charge in [-0.2, -0.15) is 0 Å². The SMILES string of the molecule is CCOCC(CCOC(=O)/C(C#CN)=C1\C=C(NCCCOC)CCC1)OCC. The Balaban J connectivity index is 2.70. The van der Waals surface area contributed by atoms with Gasteiger partial charge in [0.2, 0.25) is 0 Å². The normalized spacial score (nSPS) is 16.3. The monoisotopic (exact) mass is 408 g/mol. The van der Waals surface area contributed by atoms with Gasteiger partial charge in [-0.05, 0) is 57.1 Å². The molecular weight excluding hydrogens is 372 g/mol. The molecule has 7 heteroatoms. The molecule has 0 spiro atoms. The molecule has 7 nitrogen and oxygen atoms in total. The number of hydrogen-bond donors (Lipinski definition) is 2. The van der Waals surface area contributed by atoms with Crippen molar-refractivity contribution >= 4 is 5.97 Å². The quantitative estimate of drug-likeness (QED) is 0.150. The summed E-state index contributed by atoms with van der Waals surface area (Å²) in [7, 11) is 1.69. The minimum atomic E-state index is -0.443. The molecule has 0 aliphatic heterocycles. The second kappa shape index (κ2) is 15.9. The second-order valence-electron chi connectivity index (χ2n) is 6.63. The fourth-order valence-corrected chi connectivity index (χ4v) is 3.02. The third-order valence-corrected chi connectivity index (χ3v) is 4.42. The van der Waals surface area contributed by atoms with Gasteiger partial charge in [-0.25, -0.2) is 4.79 Å². The number of esters is 1. The molecule has 0 radical (unpaired) electrons.